The van der Waals surface area contributed by atoms with Gasteiger partial charge in [0.15, 0.2) is 0 Å². The molecule has 2 aliphatic heterocycles. The van der Waals surface area contributed by atoms with Crippen LogP contribution in [0.1, 0.15) is 57.6 Å². The molecule has 4 heterocycles. The molecule has 0 atom stereocenters. The fraction of sp³-hybridized carbons (Fsp3) is 0.552. The quantitative estimate of drug-likeness (QED) is 0.370. The zero-order valence-electron chi connectivity index (χ0n) is 23.5. The first-order chi connectivity index (χ1) is 19.2. The van der Waals surface area contributed by atoms with Gasteiger partial charge in [0.25, 0.3) is 5.19 Å². The van der Waals surface area contributed by atoms with Crippen molar-refractivity contribution in [3.05, 3.63) is 47.8 Å². The number of fused-ring (bicyclic) bond motifs is 1. The zero-order chi connectivity index (χ0) is 28.3. The summed E-state index contributed by atoms with van der Waals surface area (Å²) in [6.45, 7) is 8.02. The Bertz CT molecular complexity index is 1440. The van der Waals surface area contributed by atoms with E-state index < -0.39 is 15.4 Å². The van der Waals surface area contributed by atoms with Crippen LogP contribution in [0.2, 0.25) is 0 Å². The van der Waals surface area contributed by atoms with E-state index in [1.807, 2.05) is 24.5 Å². The van der Waals surface area contributed by atoms with Crippen LogP contribution in [0.4, 0.5) is 5.95 Å². The highest BCUT2D eigenvalue weighted by atomic mass is 32.2. The lowest BCUT2D eigenvalue weighted by atomic mass is 9.98. The van der Waals surface area contributed by atoms with Crippen molar-refractivity contribution in [2.24, 2.45) is 5.41 Å². The first kappa shape index (κ1) is 28.9. The number of rotatable bonds is 10. The number of anilines is 1. The Kier molecular flexibility index (Phi) is 8.75. The molecular weight excluding hydrogens is 546 g/mol. The average molecular weight is 586 g/mol. The number of hydrogen-bond donors (Lipinski definition) is 1. The second-order valence-electron chi connectivity index (χ2n) is 11.5. The van der Waals surface area contributed by atoms with E-state index in [4.69, 9.17) is 9.72 Å². The average Bonchev–Trinajstić information content (AvgIpc) is 3.35. The van der Waals surface area contributed by atoms with Crippen molar-refractivity contribution >= 4 is 43.1 Å². The summed E-state index contributed by atoms with van der Waals surface area (Å²) in [5.74, 6) is 0.728. The second-order valence-corrected chi connectivity index (χ2v) is 14.5. The van der Waals surface area contributed by atoms with Crippen LogP contribution in [0.25, 0.3) is 15.8 Å². The van der Waals surface area contributed by atoms with Crippen LogP contribution in [0, 0.1) is 5.41 Å². The number of aliphatic hydroxyl groups is 1. The van der Waals surface area contributed by atoms with Crippen LogP contribution in [0.15, 0.2) is 36.7 Å². The smallest absolute Gasteiger partial charge is 0.274 e. The van der Waals surface area contributed by atoms with Crippen LogP contribution < -0.4 is 9.64 Å². The Hall–Kier alpha value is -2.60. The molecule has 0 unspecified atom stereocenters. The summed E-state index contributed by atoms with van der Waals surface area (Å²) >= 11 is 1.56. The van der Waals surface area contributed by atoms with Crippen LogP contribution in [0.3, 0.4) is 0 Å². The summed E-state index contributed by atoms with van der Waals surface area (Å²) < 4.78 is 34.5. The third-order valence-electron chi connectivity index (χ3n) is 7.53. The number of hydrogen-bond acceptors (Lipinski definition) is 9. The summed E-state index contributed by atoms with van der Waals surface area (Å²) in [6, 6.07) is 6.21. The van der Waals surface area contributed by atoms with Gasteiger partial charge in [-0.3, -0.25) is 0 Å². The summed E-state index contributed by atoms with van der Waals surface area (Å²) in [7, 11) is -3.43. The molecule has 0 radical (unpaired) electrons. The van der Waals surface area contributed by atoms with Gasteiger partial charge in [-0.05, 0) is 41.7 Å². The number of benzene rings is 1. The van der Waals surface area contributed by atoms with E-state index in [0.29, 0.717) is 24.7 Å². The Balaban J connectivity index is 1.18. The maximum Gasteiger partial charge on any atom is 0.274 e. The SMILES string of the molecule is CCCc1cnc(N2CCC(Oc3nc4ccc(C5=CCN(S(=O)(=O)CC(C)(C)CO)CC5)cc4s3)CC2)nc1. The van der Waals surface area contributed by atoms with E-state index in [1.165, 1.54) is 9.87 Å². The third kappa shape index (κ3) is 6.82. The van der Waals surface area contributed by atoms with E-state index in [1.54, 1.807) is 25.2 Å². The molecule has 1 fully saturated rings. The van der Waals surface area contributed by atoms with Gasteiger partial charge in [0.1, 0.15) is 6.10 Å². The molecule has 0 bridgehead atoms. The number of thiazole rings is 1. The molecule has 2 aliphatic rings. The summed E-state index contributed by atoms with van der Waals surface area (Å²) in [5.41, 5.74) is 3.66. The van der Waals surface area contributed by atoms with Crippen molar-refractivity contribution in [1.82, 2.24) is 19.3 Å². The van der Waals surface area contributed by atoms with E-state index in [-0.39, 0.29) is 18.5 Å². The molecular formula is C29H39N5O4S2. The molecule has 5 rings (SSSR count). The topological polar surface area (TPSA) is 109 Å². The Morgan fingerprint density at radius 3 is 2.55 bits per heavy atom. The molecule has 1 saturated heterocycles. The predicted octanol–water partition coefficient (Wildman–Crippen LogP) is 4.52. The van der Waals surface area contributed by atoms with Crippen LogP contribution in [0.5, 0.6) is 5.19 Å². The lowest BCUT2D eigenvalue weighted by Gasteiger charge is -2.31. The van der Waals surface area contributed by atoms with Crippen molar-refractivity contribution in [3.8, 4) is 5.19 Å². The number of piperidine rings is 1. The molecule has 2 aromatic heterocycles. The van der Waals surface area contributed by atoms with Gasteiger partial charge in [0.05, 0.1) is 16.0 Å². The standard InChI is InChI=1S/C29H39N5O4S2/c1-4-5-21-17-30-27(31-18-21)33-12-10-24(11-13-33)38-28-32-25-7-6-23(16-26(25)39-28)22-8-14-34(15-9-22)40(36,37)20-29(2,3)19-35/h6-8,16-18,24,35H,4-5,9-15,19-20H2,1-3H3. The van der Waals surface area contributed by atoms with Crippen molar-refractivity contribution in [2.75, 3.05) is 43.4 Å². The molecule has 216 valence electrons. The molecule has 0 saturated carbocycles. The minimum Gasteiger partial charge on any atom is -0.467 e. The van der Waals surface area contributed by atoms with Gasteiger partial charge in [-0.2, -0.15) is 4.31 Å². The number of ether oxygens (including phenoxy) is 1. The highest BCUT2D eigenvalue weighted by Crippen LogP contribution is 2.34. The van der Waals surface area contributed by atoms with Gasteiger partial charge in [-0.1, -0.05) is 50.7 Å². The molecule has 40 heavy (non-hydrogen) atoms. The largest absolute Gasteiger partial charge is 0.467 e. The Morgan fingerprint density at radius 1 is 1.15 bits per heavy atom. The Labute approximate surface area is 241 Å². The van der Waals surface area contributed by atoms with Gasteiger partial charge < -0.3 is 14.7 Å². The van der Waals surface area contributed by atoms with Gasteiger partial charge in [0, 0.05) is 63.4 Å². The first-order valence-corrected chi connectivity index (χ1v) is 16.5. The van der Waals surface area contributed by atoms with Crippen molar-refractivity contribution in [3.63, 3.8) is 0 Å². The van der Waals surface area contributed by atoms with Gasteiger partial charge >= 0.3 is 0 Å². The lowest BCUT2D eigenvalue weighted by Crippen LogP contribution is -2.41. The van der Waals surface area contributed by atoms with Gasteiger partial charge in [0.2, 0.25) is 16.0 Å². The fourth-order valence-corrected chi connectivity index (χ4v) is 8.05. The van der Waals surface area contributed by atoms with E-state index in [9.17, 15) is 13.5 Å². The van der Waals surface area contributed by atoms with E-state index in [2.05, 4.69) is 33.9 Å². The maximum atomic E-state index is 12.8. The van der Waals surface area contributed by atoms with Gasteiger partial charge in [-0.15, -0.1) is 0 Å². The summed E-state index contributed by atoms with van der Waals surface area (Å²) in [5, 5.41) is 10.2. The lowest BCUT2D eigenvalue weighted by molar-refractivity contribution is 0.170. The minimum absolute atomic E-state index is 0.0613. The molecule has 0 amide bonds. The van der Waals surface area contributed by atoms with E-state index >= 15 is 0 Å². The summed E-state index contributed by atoms with van der Waals surface area (Å²) in [6.07, 6.45) is 10.5. The molecule has 0 aliphatic carbocycles. The minimum atomic E-state index is -3.43. The zero-order valence-corrected chi connectivity index (χ0v) is 25.2. The normalized spacial score (nSPS) is 17.8. The van der Waals surface area contributed by atoms with Crippen LogP contribution in [-0.4, -0.2) is 77.4 Å². The van der Waals surface area contributed by atoms with Crippen LogP contribution in [-0.2, 0) is 16.4 Å². The highest BCUT2D eigenvalue weighted by Gasteiger charge is 2.31. The van der Waals surface area contributed by atoms with Crippen molar-refractivity contribution in [2.45, 2.75) is 59.0 Å². The highest BCUT2D eigenvalue weighted by molar-refractivity contribution is 7.89. The number of sulfonamides is 1. The summed E-state index contributed by atoms with van der Waals surface area (Å²) in [4.78, 5) is 16.0. The number of aryl methyl sites for hydroxylation is 1. The van der Waals surface area contributed by atoms with Gasteiger partial charge in [-0.25, -0.2) is 23.4 Å². The fourth-order valence-electron chi connectivity index (χ4n) is 5.19. The molecule has 3 aromatic rings. The maximum absolute atomic E-state index is 12.8. The second kappa shape index (κ2) is 12.1. The van der Waals surface area contributed by atoms with Crippen molar-refractivity contribution in [1.29, 1.82) is 0 Å². The Morgan fingerprint density at radius 2 is 1.90 bits per heavy atom. The number of aromatic nitrogens is 3. The first-order valence-electron chi connectivity index (χ1n) is 14.1. The molecule has 1 aromatic carbocycles. The molecule has 0 spiro atoms. The van der Waals surface area contributed by atoms with Crippen LogP contribution >= 0.6 is 11.3 Å². The van der Waals surface area contributed by atoms with Crippen molar-refractivity contribution < 1.29 is 18.3 Å². The molecule has 1 N–H and O–H groups in total. The van der Waals surface area contributed by atoms with E-state index in [0.717, 1.165) is 66.1 Å². The number of aliphatic hydroxyl groups excluding tert-OH is 1. The molecule has 9 nitrogen and oxygen atoms in total. The molecule has 11 heteroatoms. The third-order valence-corrected chi connectivity index (χ3v) is 10.7. The number of nitrogens with zero attached hydrogens (tertiary/aromatic N) is 5. The monoisotopic (exact) mass is 585 g/mol. The predicted molar refractivity (Wildman–Crippen MR) is 160 cm³/mol.